The Balaban J connectivity index is 1.78. The minimum Gasteiger partial charge on any atom is -0.489 e. The third kappa shape index (κ3) is 5.29. The molecule has 2 rings (SSSR count). The van der Waals surface area contributed by atoms with E-state index in [4.69, 9.17) is 4.74 Å². The first-order chi connectivity index (χ1) is 10.2. The summed E-state index contributed by atoms with van der Waals surface area (Å²) in [6, 6.07) is 7.63. The molecule has 1 aromatic carbocycles. The van der Waals surface area contributed by atoms with Crippen LogP contribution in [0.25, 0.3) is 0 Å². The minimum absolute atomic E-state index is 0.289. The maximum absolute atomic E-state index is 13.5. The van der Waals surface area contributed by atoms with Crippen LogP contribution in [0.1, 0.15) is 33.1 Å². The fourth-order valence-electron chi connectivity index (χ4n) is 2.76. The van der Waals surface area contributed by atoms with Crippen LogP contribution in [0.5, 0.6) is 5.75 Å². The lowest BCUT2D eigenvalue weighted by Gasteiger charge is -2.33. The van der Waals surface area contributed by atoms with Crippen molar-refractivity contribution in [3.8, 4) is 5.75 Å². The molecule has 1 aliphatic rings. The number of hydrogen-bond acceptors (Lipinski definition) is 3. The highest BCUT2D eigenvalue weighted by atomic mass is 19.1. The molecule has 3 nitrogen and oxygen atoms in total. The number of nitrogens with zero attached hydrogens (tertiary/aromatic N) is 1. The molecule has 118 valence electrons. The zero-order valence-corrected chi connectivity index (χ0v) is 13.1. The van der Waals surface area contributed by atoms with Crippen molar-refractivity contribution in [2.75, 3.05) is 26.2 Å². The van der Waals surface area contributed by atoms with E-state index in [2.05, 4.69) is 24.1 Å². The predicted octanol–water partition coefficient (Wildman–Crippen LogP) is 3.06. The van der Waals surface area contributed by atoms with Crippen LogP contribution in [0.3, 0.4) is 0 Å². The predicted molar refractivity (Wildman–Crippen MR) is 84.2 cm³/mol. The fraction of sp³-hybridized carbons (Fsp3) is 0.647. The Kier molecular flexibility index (Phi) is 6.46. The van der Waals surface area contributed by atoms with Crippen molar-refractivity contribution in [3.05, 3.63) is 30.1 Å². The second-order valence-corrected chi connectivity index (χ2v) is 6.01. The van der Waals surface area contributed by atoms with E-state index in [-0.39, 0.29) is 5.82 Å². The summed E-state index contributed by atoms with van der Waals surface area (Å²) < 4.78 is 19.1. The second kappa shape index (κ2) is 8.35. The summed E-state index contributed by atoms with van der Waals surface area (Å²) in [7, 11) is 0. The molecule has 21 heavy (non-hydrogen) atoms. The molecule has 1 aliphatic heterocycles. The number of para-hydroxylation sites is 1. The second-order valence-electron chi connectivity index (χ2n) is 6.01. The van der Waals surface area contributed by atoms with Gasteiger partial charge in [-0.15, -0.1) is 0 Å². The highest BCUT2D eigenvalue weighted by Gasteiger charge is 2.18. The molecule has 4 heteroatoms. The first-order valence-corrected chi connectivity index (χ1v) is 8.01. The Labute approximate surface area is 127 Å². The molecule has 0 spiro atoms. The third-order valence-corrected chi connectivity index (χ3v) is 4.07. The summed E-state index contributed by atoms with van der Waals surface area (Å²) in [5, 5.41) is 3.58. The van der Waals surface area contributed by atoms with Crippen molar-refractivity contribution in [3.63, 3.8) is 0 Å². The molecule has 0 saturated carbocycles. The van der Waals surface area contributed by atoms with Gasteiger partial charge in [0.05, 0.1) is 0 Å². The van der Waals surface area contributed by atoms with Gasteiger partial charge in [-0.3, -0.25) is 4.90 Å². The summed E-state index contributed by atoms with van der Waals surface area (Å²) >= 11 is 0. The van der Waals surface area contributed by atoms with Gasteiger partial charge in [-0.05, 0) is 45.4 Å². The molecule has 1 unspecified atom stereocenters. The average molecular weight is 294 g/mol. The van der Waals surface area contributed by atoms with Crippen molar-refractivity contribution in [1.82, 2.24) is 10.2 Å². The first kappa shape index (κ1) is 16.2. The standard InChI is InChI=1S/C17H27FN2O/c1-14(2)20(13-15-7-5-6-10-19-15)11-12-21-17-9-4-3-8-16(17)18/h3-4,8-9,14-15,19H,5-7,10-13H2,1-2H3. The van der Waals surface area contributed by atoms with E-state index in [9.17, 15) is 4.39 Å². The van der Waals surface area contributed by atoms with E-state index >= 15 is 0 Å². The highest BCUT2D eigenvalue weighted by molar-refractivity contribution is 5.23. The van der Waals surface area contributed by atoms with Crippen molar-refractivity contribution < 1.29 is 9.13 Å². The van der Waals surface area contributed by atoms with E-state index in [0.29, 0.717) is 24.4 Å². The lowest BCUT2D eigenvalue weighted by Crippen LogP contribution is -2.47. The smallest absolute Gasteiger partial charge is 0.165 e. The number of piperidine rings is 1. The Morgan fingerprint density at radius 3 is 2.81 bits per heavy atom. The molecule has 0 bridgehead atoms. The van der Waals surface area contributed by atoms with Crippen LogP contribution in [0, 0.1) is 5.82 Å². The lowest BCUT2D eigenvalue weighted by atomic mass is 10.0. The van der Waals surface area contributed by atoms with Crippen LogP contribution in [-0.4, -0.2) is 43.2 Å². The SMILES string of the molecule is CC(C)N(CCOc1ccccc1F)CC1CCCCN1. The summed E-state index contributed by atoms with van der Waals surface area (Å²) in [5.41, 5.74) is 0. The van der Waals surface area contributed by atoms with Gasteiger partial charge in [0.25, 0.3) is 0 Å². The summed E-state index contributed by atoms with van der Waals surface area (Å²) in [5.74, 6) is 0.0551. The number of halogens is 1. The number of hydrogen-bond donors (Lipinski definition) is 1. The van der Waals surface area contributed by atoms with Gasteiger partial charge in [0.2, 0.25) is 0 Å². The fourth-order valence-corrected chi connectivity index (χ4v) is 2.76. The van der Waals surface area contributed by atoms with Gasteiger partial charge in [-0.1, -0.05) is 18.6 Å². The average Bonchev–Trinajstić information content (AvgIpc) is 2.49. The van der Waals surface area contributed by atoms with Crippen molar-refractivity contribution in [2.24, 2.45) is 0 Å². The van der Waals surface area contributed by atoms with Crippen LogP contribution < -0.4 is 10.1 Å². The van der Waals surface area contributed by atoms with Crippen LogP contribution in [0.4, 0.5) is 4.39 Å². The zero-order valence-electron chi connectivity index (χ0n) is 13.1. The molecule has 1 atom stereocenters. The first-order valence-electron chi connectivity index (χ1n) is 8.01. The van der Waals surface area contributed by atoms with Gasteiger partial charge in [-0.2, -0.15) is 0 Å². The van der Waals surface area contributed by atoms with Gasteiger partial charge in [0.15, 0.2) is 11.6 Å². The monoisotopic (exact) mass is 294 g/mol. The van der Waals surface area contributed by atoms with Gasteiger partial charge in [0.1, 0.15) is 6.61 Å². The van der Waals surface area contributed by atoms with Crippen molar-refractivity contribution >= 4 is 0 Å². The number of rotatable bonds is 7. The van der Waals surface area contributed by atoms with E-state index in [1.807, 2.05) is 0 Å². The molecular weight excluding hydrogens is 267 g/mol. The normalized spacial score (nSPS) is 19.2. The number of nitrogens with one attached hydrogen (secondary N) is 1. The van der Waals surface area contributed by atoms with Crippen LogP contribution in [0.15, 0.2) is 24.3 Å². The summed E-state index contributed by atoms with van der Waals surface area (Å²) in [6.07, 6.45) is 3.85. The Hall–Kier alpha value is -1.13. The minimum atomic E-state index is -0.289. The quantitative estimate of drug-likeness (QED) is 0.836. The molecule has 0 aliphatic carbocycles. The van der Waals surface area contributed by atoms with Gasteiger partial charge >= 0.3 is 0 Å². The maximum atomic E-state index is 13.5. The van der Waals surface area contributed by atoms with Crippen LogP contribution >= 0.6 is 0 Å². The molecular formula is C17H27FN2O. The Morgan fingerprint density at radius 1 is 1.33 bits per heavy atom. The van der Waals surface area contributed by atoms with E-state index in [1.165, 1.54) is 25.3 Å². The molecule has 1 heterocycles. The third-order valence-electron chi connectivity index (χ3n) is 4.07. The largest absolute Gasteiger partial charge is 0.489 e. The summed E-state index contributed by atoms with van der Waals surface area (Å²) in [6.45, 7) is 7.91. The number of benzene rings is 1. The molecule has 1 saturated heterocycles. The molecule has 0 amide bonds. The van der Waals surface area contributed by atoms with E-state index in [1.54, 1.807) is 18.2 Å². The Morgan fingerprint density at radius 2 is 2.14 bits per heavy atom. The lowest BCUT2D eigenvalue weighted by molar-refractivity contribution is 0.151. The van der Waals surface area contributed by atoms with Crippen LogP contribution in [0.2, 0.25) is 0 Å². The van der Waals surface area contributed by atoms with E-state index in [0.717, 1.165) is 19.6 Å². The zero-order chi connectivity index (χ0) is 15.1. The molecule has 0 aromatic heterocycles. The van der Waals surface area contributed by atoms with Crippen LogP contribution in [-0.2, 0) is 0 Å². The van der Waals surface area contributed by atoms with Gasteiger partial charge < -0.3 is 10.1 Å². The van der Waals surface area contributed by atoms with Crippen molar-refractivity contribution in [2.45, 2.75) is 45.2 Å². The van der Waals surface area contributed by atoms with Gasteiger partial charge in [0, 0.05) is 25.2 Å². The Bertz CT molecular complexity index is 419. The molecule has 1 fully saturated rings. The molecule has 1 N–H and O–H groups in total. The maximum Gasteiger partial charge on any atom is 0.165 e. The van der Waals surface area contributed by atoms with Crippen molar-refractivity contribution in [1.29, 1.82) is 0 Å². The molecule has 0 radical (unpaired) electrons. The van der Waals surface area contributed by atoms with Gasteiger partial charge in [-0.25, -0.2) is 4.39 Å². The molecule has 1 aromatic rings. The number of ether oxygens (including phenoxy) is 1. The highest BCUT2D eigenvalue weighted by Crippen LogP contribution is 2.15. The van der Waals surface area contributed by atoms with E-state index < -0.39 is 0 Å². The topological polar surface area (TPSA) is 24.5 Å². The summed E-state index contributed by atoms with van der Waals surface area (Å²) in [4.78, 5) is 2.41.